The zero-order valence-electron chi connectivity index (χ0n) is 11.4. The summed E-state index contributed by atoms with van der Waals surface area (Å²) < 4.78 is 5.31. The van der Waals surface area contributed by atoms with Gasteiger partial charge in [-0.3, -0.25) is 0 Å². The van der Waals surface area contributed by atoms with Crippen molar-refractivity contribution in [1.29, 1.82) is 0 Å². The Hall–Kier alpha value is -1.13. The van der Waals surface area contributed by atoms with E-state index in [0.29, 0.717) is 32.8 Å². The fourth-order valence-corrected chi connectivity index (χ4v) is 3.02. The van der Waals surface area contributed by atoms with Crippen molar-refractivity contribution in [2.24, 2.45) is 4.99 Å². The van der Waals surface area contributed by atoms with Crippen LogP contribution in [0.4, 0.5) is 5.69 Å². The second kappa shape index (κ2) is 7.42. The van der Waals surface area contributed by atoms with E-state index < -0.39 is 0 Å². The van der Waals surface area contributed by atoms with Gasteiger partial charge in [0.25, 0.3) is 0 Å². The number of rotatable bonds is 4. The Morgan fingerprint density at radius 3 is 2.32 bits per heavy atom. The Morgan fingerprint density at radius 1 is 1.09 bits per heavy atom. The van der Waals surface area contributed by atoms with E-state index in [1.54, 1.807) is 18.2 Å². The molecule has 0 heterocycles. The molecule has 1 N–H and O–H groups in total. The molecule has 2 rings (SSSR count). The van der Waals surface area contributed by atoms with Gasteiger partial charge in [-0.15, -0.1) is 0 Å². The highest BCUT2D eigenvalue weighted by Gasteiger charge is 2.13. The van der Waals surface area contributed by atoms with Crippen LogP contribution in [0.5, 0.6) is 11.5 Å². The van der Waals surface area contributed by atoms with Gasteiger partial charge in [0.2, 0.25) is 0 Å². The monoisotopic (exact) mass is 377 g/mol. The topological polar surface area (TPSA) is 41.8 Å². The van der Waals surface area contributed by atoms with Crippen LogP contribution < -0.4 is 4.74 Å². The summed E-state index contributed by atoms with van der Waals surface area (Å²) in [5.41, 5.74) is 0.877. The summed E-state index contributed by atoms with van der Waals surface area (Å²) in [5, 5.41) is 11.5. The van der Waals surface area contributed by atoms with Crippen molar-refractivity contribution in [3.63, 3.8) is 0 Å². The Morgan fingerprint density at radius 2 is 1.73 bits per heavy atom. The van der Waals surface area contributed by atoms with Crippen molar-refractivity contribution >= 4 is 58.5 Å². The Kier molecular flexibility index (Phi) is 5.81. The lowest BCUT2D eigenvalue weighted by molar-refractivity contribution is 0.476. The van der Waals surface area contributed by atoms with Gasteiger partial charge in [-0.1, -0.05) is 53.3 Å². The lowest BCUT2D eigenvalue weighted by Crippen LogP contribution is -1.90. The summed E-state index contributed by atoms with van der Waals surface area (Å²) in [7, 11) is 0. The molecule has 0 aliphatic carbocycles. The molecule has 0 spiro atoms. The van der Waals surface area contributed by atoms with Crippen LogP contribution in [-0.2, 0) is 6.42 Å². The molecule has 0 atom stereocenters. The first-order valence-electron chi connectivity index (χ1n) is 6.27. The average molecular weight is 379 g/mol. The van der Waals surface area contributed by atoms with Gasteiger partial charge in [-0.05, 0) is 36.2 Å². The highest BCUT2D eigenvalue weighted by Crippen LogP contribution is 2.41. The molecule has 0 saturated carbocycles. The fraction of sp³-hybridized carbons (Fsp3) is 0.133. The maximum atomic E-state index is 10.0. The zero-order chi connectivity index (χ0) is 16.3. The van der Waals surface area contributed by atoms with Gasteiger partial charge in [0.1, 0.15) is 11.4 Å². The molecule has 22 heavy (non-hydrogen) atoms. The van der Waals surface area contributed by atoms with Gasteiger partial charge in [0.05, 0.1) is 5.02 Å². The van der Waals surface area contributed by atoms with E-state index in [4.69, 9.17) is 51.1 Å². The summed E-state index contributed by atoms with van der Waals surface area (Å²) >= 11 is 23.9. The number of hydrogen-bond acceptors (Lipinski definition) is 3. The first-order chi connectivity index (χ1) is 10.4. The molecule has 0 radical (unpaired) electrons. The molecule has 0 bridgehead atoms. The highest BCUT2D eigenvalue weighted by atomic mass is 35.5. The predicted octanol–water partition coefficient (Wildman–Crippen LogP) is 6.31. The molecule has 0 saturated heterocycles. The Balaban J connectivity index is 2.23. The number of halogens is 4. The standard InChI is InChI=1S/C15H11Cl4NO2/c1-2-11-12(18)6-13(15(21)14(11)19)20-7-22-10-4-8(16)3-9(17)5-10/h3-7,21H,2H2,1H3. The zero-order valence-corrected chi connectivity index (χ0v) is 14.4. The number of phenolic OH excluding ortho intramolecular Hbond substituents is 1. The number of benzene rings is 2. The summed E-state index contributed by atoms with van der Waals surface area (Å²) in [4.78, 5) is 4.01. The Bertz CT molecular complexity index is 712. The van der Waals surface area contributed by atoms with Crippen LogP contribution in [-0.4, -0.2) is 11.5 Å². The number of aliphatic imine (C=N–C) groups is 1. The van der Waals surface area contributed by atoms with Crippen molar-refractivity contribution < 1.29 is 9.84 Å². The first-order valence-corrected chi connectivity index (χ1v) is 7.78. The van der Waals surface area contributed by atoms with Crippen LogP contribution >= 0.6 is 46.4 Å². The molecule has 0 aromatic heterocycles. The molecular formula is C15H11Cl4NO2. The average Bonchev–Trinajstić information content (AvgIpc) is 2.43. The molecule has 3 nitrogen and oxygen atoms in total. The molecule has 0 aliphatic heterocycles. The third-order valence-electron chi connectivity index (χ3n) is 2.84. The summed E-state index contributed by atoms with van der Waals surface area (Å²) in [6, 6.07) is 6.27. The van der Waals surface area contributed by atoms with E-state index in [9.17, 15) is 5.11 Å². The van der Waals surface area contributed by atoms with Crippen LogP contribution in [0.3, 0.4) is 0 Å². The molecule has 7 heteroatoms. The molecule has 0 aliphatic rings. The van der Waals surface area contributed by atoms with Gasteiger partial charge in [-0.25, -0.2) is 4.99 Å². The van der Waals surface area contributed by atoms with Crippen LogP contribution in [0.15, 0.2) is 29.3 Å². The van der Waals surface area contributed by atoms with Crippen LogP contribution in [0.25, 0.3) is 0 Å². The van der Waals surface area contributed by atoms with Crippen molar-refractivity contribution in [2.45, 2.75) is 13.3 Å². The first kappa shape index (κ1) is 17.2. The maximum Gasteiger partial charge on any atom is 0.181 e. The second-order valence-electron chi connectivity index (χ2n) is 4.33. The SMILES string of the molecule is CCc1c(Cl)cc(N=COc2cc(Cl)cc(Cl)c2)c(O)c1Cl. The van der Waals surface area contributed by atoms with E-state index in [1.807, 2.05) is 6.92 Å². The third-order valence-corrected chi connectivity index (χ3v) is 4.02. The molecule has 2 aromatic rings. The van der Waals surface area contributed by atoms with Gasteiger partial charge >= 0.3 is 0 Å². The van der Waals surface area contributed by atoms with E-state index in [0.717, 1.165) is 6.40 Å². The normalized spacial score (nSPS) is 11.1. The van der Waals surface area contributed by atoms with Gasteiger partial charge in [0, 0.05) is 15.1 Å². The minimum absolute atomic E-state index is 0.146. The van der Waals surface area contributed by atoms with Crippen molar-refractivity contribution in [3.8, 4) is 11.5 Å². The summed E-state index contributed by atoms with van der Waals surface area (Å²) in [5.74, 6) is 0.273. The molecule has 116 valence electrons. The van der Waals surface area contributed by atoms with Gasteiger partial charge < -0.3 is 9.84 Å². The van der Waals surface area contributed by atoms with E-state index in [2.05, 4.69) is 4.99 Å². The minimum atomic E-state index is -0.146. The van der Waals surface area contributed by atoms with E-state index >= 15 is 0 Å². The van der Waals surface area contributed by atoms with Gasteiger partial charge in [-0.2, -0.15) is 0 Å². The number of hydrogen-bond donors (Lipinski definition) is 1. The van der Waals surface area contributed by atoms with Crippen LogP contribution in [0.1, 0.15) is 12.5 Å². The summed E-state index contributed by atoms with van der Waals surface area (Å²) in [6.07, 6.45) is 1.75. The maximum absolute atomic E-state index is 10.0. The highest BCUT2D eigenvalue weighted by molar-refractivity contribution is 6.37. The lowest BCUT2D eigenvalue weighted by atomic mass is 10.1. The molecule has 2 aromatic carbocycles. The lowest BCUT2D eigenvalue weighted by Gasteiger charge is -2.08. The number of ether oxygens (including phenoxy) is 1. The van der Waals surface area contributed by atoms with Crippen LogP contribution in [0.2, 0.25) is 20.1 Å². The predicted molar refractivity (Wildman–Crippen MR) is 92.7 cm³/mol. The third kappa shape index (κ3) is 3.99. The minimum Gasteiger partial charge on any atom is -0.504 e. The van der Waals surface area contributed by atoms with Crippen molar-refractivity contribution in [2.75, 3.05) is 0 Å². The van der Waals surface area contributed by atoms with Gasteiger partial charge in [0.15, 0.2) is 12.2 Å². The van der Waals surface area contributed by atoms with Crippen molar-refractivity contribution in [3.05, 3.63) is 49.9 Å². The smallest absolute Gasteiger partial charge is 0.181 e. The Labute approximate surface area is 148 Å². The number of phenols is 1. The van der Waals surface area contributed by atoms with E-state index in [-0.39, 0.29) is 16.5 Å². The molecular weight excluding hydrogens is 368 g/mol. The molecule has 0 amide bonds. The second-order valence-corrected chi connectivity index (χ2v) is 5.99. The quantitative estimate of drug-likeness (QED) is 0.500. The number of nitrogens with zero attached hydrogens (tertiary/aromatic N) is 1. The van der Waals surface area contributed by atoms with E-state index in [1.165, 1.54) is 6.07 Å². The molecule has 0 fully saturated rings. The van der Waals surface area contributed by atoms with Crippen molar-refractivity contribution in [1.82, 2.24) is 0 Å². The summed E-state index contributed by atoms with van der Waals surface area (Å²) in [6.45, 7) is 1.89. The van der Waals surface area contributed by atoms with Crippen LogP contribution in [0, 0.1) is 0 Å². The number of aromatic hydroxyl groups is 1. The fourth-order valence-electron chi connectivity index (χ4n) is 1.80. The molecule has 0 unspecified atom stereocenters. The largest absolute Gasteiger partial charge is 0.504 e.